The molecule has 0 amide bonds. The number of hydrogen-bond donors (Lipinski definition) is 0. The average Bonchev–Trinajstić information content (AvgIpc) is 2.14. The summed E-state index contributed by atoms with van der Waals surface area (Å²) >= 11 is 5.39. The Morgan fingerprint density at radius 3 is 2.93 bits per heavy atom. The SMILES string of the molecule is C[C@@H](I)C(=O)OCc1cccc(Br)c1. The Kier molecular flexibility index (Phi) is 4.88. The highest BCUT2D eigenvalue weighted by Crippen LogP contribution is 2.13. The maximum atomic E-state index is 11.2. The van der Waals surface area contributed by atoms with Gasteiger partial charge in [-0.1, -0.05) is 50.7 Å². The van der Waals surface area contributed by atoms with Crippen LogP contribution in [0, 0.1) is 0 Å². The number of esters is 1. The molecule has 0 aromatic heterocycles. The zero-order chi connectivity index (χ0) is 10.6. The second kappa shape index (κ2) is 5.70. The van der Waals surface area contributed by atoms with Crippen molar-refractivity contribution >= 4 is 44.5 Å². The minimum Gasteiger partial charge on any atom is -0.460 e. The molecule has 0 aliphatic heterocycles. The maximum Gasteiger partial charge on any atom is 0.318 e. The molecule has 0 unspecified atom stereocenters. The summed E-state index contributed by atoms with van der Waals surface area (Å²) in [6, 6.07) is 7.72. The fourth-order valence-electron chi connectivity index (χ4n) is 0.896. The van der Waals surface area contributed by atoms with E-state index in [0.717, 1.165) is 10.0 Å². The molecule has 0 N–H and O–H groups in total. The number of benzene rings is 1. The summed E-state index contributed by atoms with van der Waals surface area (Å²) in [5, 5.41) is 0. The van der Waals surface area contributed by atoms with E-state index in [2.05, 4.69) is 15.9 Å². The van der Waals surface area contributed by atoms with E-state index >= 15 is 0 Å². The van der Waals surface area contributed by atoms with E-state index in [-0.39, 0.29) is 9.89 Å². The van der Waals surface area contributed by atoms with Gasteiger partial charge in [0.25, 0.3) is 0 Å². The topological polar surface area (TPSA) is 26.3 Å². The minimum absolute atomic E-state index is 0.0975. The number of carbonyl (C=O) groups excluding carboxylic acids is 1. The van der Waals surface area contributed by atoms with Crippen LogP contribution in [-0.4, -0.2) is 9.89 Å². The van der Waals surface area contributed by atoms with Crippen molar-refractivity contribution in [1.82, 2.24) is 0 Å². The lowest BCUT2D eigenvalue weighted by Gasteiger charge is -2.06. The standard InChI is InChI=1S/C10H10BrIO2/c1-7(12)10(13)14-6-8-3-2-4-9(11)5-8/h2-5,7H,6H2,1H3/t7-/m1/s1. The van der Waals surface area contributed by atoms with E-state index in [0.29, 0.717) is 6.61 Å². The molecule has 0 bridgehead atoms. The lowest BCUT2D eigenvalue weighted by molar-refractivity contribution is -0.143. The third-order valence-electron chi connectivity index (χ3n) is 1.59. The molecule has 1 aromatic carbocycles. The Bertz CT molecular complexity index is 326. The molecule has 0 spiro atoms. The van der Waals surface area contributed by atoms with Gasteiger partial charge in [0.05, 0.1) is 0 Å². The quantitative estimate of drug-likeness (QED) is 0.464. The van der Waals surface area contributed by atoms with Crippen LogP contribution in [0.1, 0.15) is 12.5 Å². The van der Waals surface area contributed by atoms with Crippen LogP contribution in [0.25, 0.3) is 0 Å². The largest absolute Gasteiger partial charge is 0.460 e. The number of rotatable bonds is 3. The van der Waals surface area contributed by atoms with Crippen LogP contribution in [0.4, 0.5) is 0 Å². The van der Waals surface area contributed by atoms with Gasteiger partial charge in [0.1, 0.15) is 10.5 Å². The Morgan fingerprint density at radius 2 is 2.36 bits per heavy atom. The monoisotopic (exact) mass is 368 g/mol. The molecule has 0 radical (unpaired) electrons. The third kappa shape index (κ3) is 3.96. The number of halogens is 2. The van der Waals surface area contributed by atoms with E-state index in [4.69, 9.17) is 4.74 Å². The van der Waals surface area contributed by atoms with E-state index in [1.807, 2.05) is 53.8 Å². The Balaban J connectivity index is 2.50. The van der Waals surface area contributed by atoms with Gasteiger partial charge in [0.2, 0.25) is 0 Å². The van der Waals surface area contributed by atoms with Crippen molar-refractivity contribution < 1.29 is 9.53 Å². The fourth-order valence-corrected chi connectivity index (χ4v) is 1.52. The summed E-state index contributed by atoms with van der Waals surface area (Å²) in [7, 11) is 0. The summed E-state index contributed by atoms with van der Waals surface area (Å²) in [5.41, 5.74) is 0.991. The van der Waals surface area contributed by atoms with Gasteiger partial charge in [-0.15, -0.1) is 0 Å². The highest BCUT2D eigenvalue weighted by atomic mass is 127. The molecule has 1 rings (SSSR count). The molecule has 0 heterocycles. The molecule has 0 saturated heterocycles. The zero-order valence-corrected chi connectivity index (χ0v) is 11.4. The van der Waals surface area contributed by atoms with Gasteiger partial charge in [-0.05, 0) is 24.6 Å². The van der Waals surface area contributed by atoms with Crippen molar-refractivity contribution in [2.45, 2.75) is 17.5 Å². The van der Waals surface area contributed by atoms with Gasteiger partial charge < -0.3 is 4.74 Å². The van der Waals surface area contributed by atoms with Crippen molar-refractivity contribution in [3.05, 3.63) is 34.3 Å². The van der Waals surface area contributed by atoms with E-state index in [1.165, 1.54) is 0 Å². The van der Waals surface area contributed by atoms with Crippen LogP contribution in [0.3, 0.4) is 0 Å². The van der Waals surface area contributed by atoms with Crippen LogP contribution in [0.2, 0.25) is 0 Å². The van der Waals surface area contributed by atoms with E-state index in [9.17, 15) is 4.79 Å². The normalized spacial score (nSPS) is 12.2. The Morgan fingerprint density at radius 1 is 1.64 bits per heavy atom. The second-order valence-electron chi connectivity index (χ2n) is 2.85. The third-order valence-corrected chi connectivity index (χ3v) is 2.60. The summed E-state index contributed by atoms with van der Waals surface area (Å²) in [5.74, 6) is -0.175. The second-order valence-corrected chi connectivity index (χ2v) is 5.64. The molecule has 0 fully saturated rings. The van der Waals surface area contributed by atoms with Crippen LogP contribution in [0.5, 0.6) is 0 Å². The number of ether oxygens (including phenoxy) is 1. The highest BCUT2D eigenvalue weighted by Gasteiger charge is 2.09. The Hall–Kier alpha value is -0.100. The molecule has 14 heavy (non-hydrogen) atoms. The molecule has 76 valence electrons. The molecule has 1 aromatic rings. The summed E-state index contributed by atoms with van der Waals surface area (Å²) < 4.78 is 5.97. The summed E-state index contributed by atoms with van der Waals surface area (Å²) in [6.45, 7) is 2.15. The smallest absolute Gasteiger partial charge is 0.318 e. The first kappa shape index (κ1) is 12.0. The van der Waals surface area contributed by atoms with Crippen LogP contribution >= 0.6 is 38.5 Å². The molecule has 0 aliphatic rings. The number of hydrogen-bond acceptors (Lipinski definition) is 2. The van der Waals surface area contributed by atoms with E-state index < -0.39 is 0 Å². The molecular formula is C10H10BrIO2. The Labute approximate surface area is 105 Å². The summed E-state index contributed by atoms with van der Waals surface area (Å²) in [6.07, 6.45) is 0. The zero-order valence-electron chi connectivity index (χ0n) is 7.67. The maximum absolute atomic E-state index is 11.2. The van der Waals surface area contributed by atoms with Crippen molar-refractivity contribution in [2.24, 2.45) is 0 Å². The lowest BCUT2D eigenvalue weighted by atomic mass is 10.2. The van der Waals surface area contributed by atoms with Gasteiger partial charge >= 0.3 is 5.97 Å². The number of alkyl halides is 1. The van der Waals surface area contributed by atoms with Gasteiger partial charge in [-0.3, -0.25) is 4.79 Å². The molecule has 1 atom stereocenters. The first-order chi connectivity index (χ1) is 6.59. The predicted molar refractivity (Wildman–Crippen MR) is 67.4 cm³/mol. The number of carbonyl (C=O) groups is 1. The summed E-state index contributed by atoms with van der Waals surface area (Å²) in [4.78, 5) is 11.2. The van der Waals surface area contributed by atoms with Crippen molar-refractivity contribution in [3.63, 3.8) is 0 Å². The van der Waals surface area contributed by atoms with Gasteiger partial charge in [0, 0.05) is 4.47 Å². The van der Waals surface area contributed by atoms with Crippen LogP contribution < -0.4 is 0 Å². The van der Waals surface area contributed by atoms with Crippen molar-refractivity contribution in [1.29, 1.82) is 0 Å². The highest BCUT2D eigenvalue weighted by molar-refractivity contribution is 14.1. The van der Waals surface area contributed by atoms with Gasteiger partial charge in [0.15, 0.2) is 0 Å². The minimum atomic E-state index is -0.175. The van der Waals surface area contributed by atoms with Gasteiger partial charge in [-0.2, -0.15) is 0 Å². The van der Waals surface area contributed by atoms with Gasteiger partial charge in [-0.25, -0.2) is 0 Å². The average molecular weight is 369 g/mol. The molecule has 4 heteroatoms. The van der Waals surface area contributed by atoms with Crippen LogP contribution in [0.15, 0.2) is 28.7 Å². The van der Waals surface area contributed by atoms with Crippen molar-refractivity contribution in [2.75, 3.05) is 0 Å². The van der Waals surface area contributed by atoms with Crippen molar-refractivity contribution in [3.8, 4) is 0 Å². The van der Waals surface area contributed by atoms with E-state index in [1.54, 1.807) is 0 Å². The predicted octanol–water partition coefficient (Wildman–Crippen LogP) is 3.32. The fraction of sp³-hybridized carbons (Fsp3) is 0.300. The first-order valence-corrected chi connectivity index (χ1v) is 6.18. The molecule has 0 aliphatic carbocycles. The first-order valence-electron chi connectivity index (χ1n) is 4.15. The lowest BCUT2D eigenvalue weighted by Crippen LogP contribution is -2.13. The van der Waals surface area contributed by atoms with Crippen LogP contribution in [-0.2, 0) is 16.1 Å². The molecule has 2 nitrogen and oxygen atoms in total. The molecule has 0 saturated carbocycles. The molecular weight excluding hydrogens is 359 g/mol.